The molecule has 5 nitrogen and oxygen atoms in total. The summed E-state index contributed by atoms with van der Waals surface area (Å²) in [5.41, 5.74) is 0.290. The van der Waals surface area contributed by atoms with Crippen LogP contribution in [0.1, 0.15) is 19.5 Å². The van der Waals surface area contributed by atoms with Gasteiger partial charge in [-0.25, -0.2) is 4.98 Å². The summed E-state index contributed by atoms with van der Waals surface area (Å²) in [6.07, 6.45) is 3.18. The Bertz CT molecular complexity index is 736. The lowest BCUT2D eigenvalue weighted by molar-refractivity contribution is 0.101. The van der Waals surface area contributed by atoms with Gasteiger partial charge in [0.2, 0.25) is 0 Å². The highest BCUT2D eigenvalue weighted by Gasteiger charge is 2.26. The minimum Gasteiger partial charge on any atom is -0.482 e. The molecule has 0 saturated carbocycles. The van der Waals surface area contributed by atoms with E-state index in [-0.39, 0.29) is 0 Å². The minimum absolute atomic E-state index is 0.551. The standard InChI is InChI=1S/C14H13ClN4O/c1-14(2,20-11-5-3-10(15)4-6-11)12-7-8-16-13-17-9-18-19(12)13/h3-9H,1-2H3. The zero-order chi connectivity index (χ0) is 14.2. The molecule has 0 aliphatic heterocycles. The minimum atomic E-state index is -0.581. The molecule has 0 unspecified atom stereocenters. The van der Waals surface area contributed by atoms with E-state index < -0.39 is 5.60 Å². The van der Waals surface area contributed by atoms with Gasteiger partial charge < -0.3 is 4.74 Å². The van der Waals surface area contributed by atoms with Gasteiger partial charge in [0.1, 0.15) is 17.7 Å². The van der Waals surface area contributed by atoms with Crippen LogP contribution in [0, 0.1) is 0 Å². The number of hydrogen-bond acceptors (Lipinski definition) is 4. The van der Waals surface area contributed by atoms with E-state index >= 15 is 0 Å². The highest BCUT2D eigenvalue weighted by atomic mass is 35.5. The molecule has 0 atom stereocenters. The predicted molar refractivity (Wildman–Crippen MR) is 75.9 cm³/mol. The van der Waals surface area contributed by atoms with Crippen molar-refractivity contribution in [2.45, 2.75) is 19.4 Å². The van der Waals surface area contributed by atoms with E-state index in [2.05, 4.69) is 15.1 Å². The second-order valence-electron chi connectivity index (χ2n) is 4.87. The normalized spacial score (nSPS) is 11.8. The molecule has 0 aliphatic carbocycles. The Hall–Kier alpha value is -2.14. The van der Waals surface area contributed by atoms with Crippen molar-refractivity contribution in [3.63, 3.8) is 0 Å². The van der Waals surface area contributed by atoms with E-state index in [1.165, 1.54) is 6.33 Å². The number of rotatable bonds is 3. The van der Waals surface area contributed by atoms with Crippen molar-refractivity contribution in [1.29, 1.82) is 0 Å². The summed E-state index contributed by atoms with van der Waals surface area (Å²) in [7, 11) is 0. The Morgan fingerprint density at radius 1 is 1.10 bits per heavy atom. The quantitative estimate of drug-likeness (QED) is 0.743. The third kappa shape index (κ3) is 2.32. The van der Waals surface area contributed by atoms with Crippen LogP contribution in [-0.4, -0.2) is 19.6 Å². The molecule has 0 radical (unpaired) electrons. The first kappa shape index (κ1) is 12.9. The maximum atomic E-state index is 6.05. The first-order chi connectivity index (χ1) is 9.56. The highest BCUT2D eigenvalue weighted by molar-refractivity contribution is 6.30. The molecule has 20 heavy (non-hydrogen) atoms. The van der Waals surface area contributed by atoms with Crippen molar-refractivity contribution < 1.29 is 4.74 Å². The molecule has 0 saturated heterocycles. The van der Waals surface area contributed by atoms with Crippen LogP contribution in [0.5, 0.6) is 5.75 Å². The lowest BCUT2D eigenvalue weighted by Crippen LogP contribution is -2.28. The van der Waals surface area contributed by atoms with Crippen molar-refractivity contribution >= 4 is 17.4 Å². The van der Waals surface area contributed by atoms with Gasteiger partial charge in [-0.05, 0) is 44.2 Å². The molecule has 6 heteroatoms. The van der Waals surface area contributed by atoms with Crippen molar-refractivity contribution in [2.75, 3.05) is 0 Å². The summed E-state index contributed by atoms with van der Waals surface area (Å²) < 4.78 is 7.72. The van der Waals surface area contributed by atoms with Crippen molar-refractivity contribution in [1.82, 2.24) is 19.6 Å². The molecule has 102 valence electrons. The van der Waals surface area contributed by atoms with Crippen LogP contribution in [0.2, 0.25) is 5.02 Å². The Kier molecular flexibility index (Phi) is 3.06. The van der Waals surface area contributed by atoms with Crippen LogP contribution < -0.4 is 4.74 Å². The van der Waals surface area contributed by atoms with Crippen molar-refractivity contribution in [2.24, 2.45) is 0 Å². The Morgan fingerprint density at radius 3 is 2.60 bits per heavy atom. The first-order valence-corrected chi connectivity index (χ1v) is 6.54. The topological polar surface area (TPSA) is 52.3 Å². The molecule has 3 rings (SSSR count). The highest BCUT2D eigenvalue weighted by Crippen LogP contribution is 2.28. The van der Waals surface area contributed by atoms with Crippen molar-refractivity contribution in [3.8, 4) is 5.75 Å². The predicted octanol–water partition coefficient (Wildman–Crippen LogP) is 3.09. The van der Waals surface area contributed by atoms with Gasteiger partial charge in [-0.15, -0.1) is 0 Å². The molecule has 0 N–H and O–H groups in total. The second-order valence-corrected chi connectivity index (χ2v) is 5.30. The molecule has 0 amide bonds. The Balaban J connectivity index is 1.98. The number of nitrogens with zero attached hydrogens (tertiary/aromatic N) is 4. The van der Waals surface area contributed by atoms with E-state index in [9.17, 15) is 0 Å². The van der Waals surface area contributed by atoms with E-state index in [1.54, 1.807) is 22.8 Å². The maximum absolute atomic E-state index is 6.05. The van der Waals surface area contributed by atoms with Crippen LogP contribution in [0.3, 0.4) is 0 Å². The molecular weight excluding hydrogens is 276 g/mol. The summed E-state index contributed by atoms with van der Waals surface area (Å²) in [6, 6.07) is 9.14. The molecule has 0 bridgehead atoms. The fourth-order valence-corrected chi connectivity index (χ4v) is 2.17. The Morgan fingerprint density at radius 2 is 1.85 bits per heavy atom. The largest absolute Gasteiger partial charge is 0.482 e. The number of benzene rings is 1. The monoisotopic (exact) mass is 288 g/mol. The van der Waals surface area contributed by atoms with Crippen LogP contribution >= 0.6 is 11.6 Å². The molecule has 2 heterocycles. The van der Waals surface area contributed by atoms with Gasteiger partial charge in [-0.3, -0.25) is 0 Å². The van der Waals surface area contributed by atoms with Gasteiger partial charge in [0.05, 0.1) is 5.69 Å². The molecule has 0 aliphatic rings. The lowest BCUT2D eigenvalue weighted by atomic mass is 10.0. The second kappa shape index (κ2) is 4.76. The van der Waals surface area contributed by atoms with Gasteiger partial charge in [0.25, 0.3) is 5.78 Å². The average Bonchev–Trinajstić information content (AvgIpc) is 2.89. The zero-order valence-electron chi connectivity index (χ0n) is 11.1. The van der Waals surface area contributed by atoms with E-state index in [4.69, 9.17) is 16.3 Å². The Labute approximate surface area is 121 Å². The smallest absolute Gasteiger partial charge is 0.252 e. The summed E-state index contributed by atoms with van der Waals surface area (Å²) in [5, 5.41) is 4.86. The lowest BCUT2D eigenvalue weighted by Gasteiger charge is -2.26. The fraction of sp³-hybridized carbons (Fsp3) is 0.214. The third-order valence-corrected chi connectivity index (χ3v) is 3.24. The SMILES string of the molecule is CC(C)(Oc1ccc(Cl)cc1)c1ccnc2ncnn12. The molecular formula is C14H13ClN4O. The average molecular weight is 289 g/mol. The fourth-order valence-electron chi connectivity index (χ4n) is 2.04. The number of ether oxygens (including phenoxy) is 1. The molecule has 3 aromatic rings. The first-order valence-electron chi connectivity index (χ1n) is 6.16. The van der Waals surface area contributed by atoms with Crippen molar-refractivity contribution in [3.05, 3.63) is 53.6 Å². The zero-order valence-corrected chi connectivity index (χ0v) is 11.9. The molecule has 2 aromatic heterocycles. The van der Waals surface area contributed by atoms with Crippen LogP contribution in [-0.2, 0) is 5.60 Å². The van der Waals surface area contributed by atoms with Crippen LogP contribution in [0.15, 0.2) is 42.9 Å². The number of halogens is 1. The van der Waals surface area contributed by atoms with E-state index in [0.717, 1.165) is 11.4 Å². The summed E-state index contributed by atoms with van der Waals surface area (Å²) in [4.78, 5) is 8.23. The van der Waals surface area contributed by atoms with Gasteiger partial charge in [0, 0.05) is 11.2 Å². The van der Waals surface area contributed by atoms with Gasteiger partial charge in [-0.1, -0.05) is 11.6 Å². The summed E-state index contributed by atoms with van der Waals surface area (Å²) in [6.45, 7) is 3.94. The van der Waals surface area contributed by atoms with Gasteiger partial charge >= 0.3 is 0 Å². The summed E-state index contributed by atoms with van der Waals surface area (Å²) >= 11 is 5.88. The number of fused-ring (bicyclic) bond motifs is 1. The van der Waals surface area contributed by atoms with Gasteiger partial charge in [0.15, 0.2) is 0 Å². The summed E-state index contributed by atoms with van der Waals surface area (Å²) in [5.74, 6) is 1.29. The molecule has 0 spiro atoms. The molecule has 0 fully saturated rings. The van der Waals surface area contributed by atoms with Gasteiger partial charge in [-0.2, -0.15) is 14.6 Å². The third-order valence-electron chi connectivity index (χ3n) is 2.98. The number of hydrogen-bond donors (Lipinski definition) is 0. The number of aromatic nitrogens is 4. The molecule has 1 aromatic carbocycles. The maximum Gasteiger partial charge on any atom is 0.252 e. The van der Waals surface area contributed by atoms with Crippen LogP contribution in [0.25, 0.3) is 5.78 Å². The van der Waals surface area contributed by atoms with Crippen LogP contribution in [0.4, 0.5) is 0 Å². The van der Waals surface area contributed by atoms with E-state index in [0.29, 0.717) is 10.8 Å². The van der Waals surface area contributed by atoms with E-state index in [1.807, 2.05) is 32.0 Å².